The molecule has 0 saturated carbocycles. The average molecular weight is 242 g/mol. The van der Waals surface area contributed by atoms with E-state index >= 15 is 0 Å². The maximum atomic E-state index is 11.5. The van der Waals surface area contributed by atoms with Crippen LogP contribution in [0.1, 0.15) is 12.8 Å². The molecule has 0 radical (unpaired) electrons. The van der Waals surface area contributed by atoms with Gasteiger partial charge in [0.15, 0.2) is 0 Å². The lowest BCUT2D eigenvalue weighted by Gasteiger charge is -2.12. The fourth-order valence-corrected chi connectivity index (χ4v) is 1.78. The van der Waals surface area contributed by atoms with Crippen LogP contribution in [0.2, 0.25) is 0 Å². The molecule has 88 valence electrons. The molecule has 0 amide bonds. The van der Waals surface area contributed by atoms with Crippen LogP contribution in [0.3, 0.4) is 0 Å². The second-order valence-corrected chi connectivity index (χ2v) is 3.77. The van der Waals surface area contributed by atoms with Gasteiger partial charge in [-0.3, -0.25) is 9.69 Å². The smallest absolute Gasteiger partial charge is 0.325 e. The number of ether oxygens (including phenoxy) is 1. The Hall–Kier alpha value is -1.06. The summed E-state index contributed by atoms with van der Waals surface area (Å²) in [5.41, 5.74) is 0. The van der Waals surface area contributed by atoms with Gasteiger partial charge in [-0.2, -0.15) is 0 Å². The largest absolute Gasteiger partial charge is 0.426 e. The van der Waals surface area contributed by atoms with Gasteiger partial charge in [0.1, 0.15) is 5.75 Å². The number of carbonyl (C=O) groups is 1. The van der Waals surface area contributed by atoms with Crippen LogP contribution in [0.4, 0.5) is 0 Å². The molecule has 0 aromatic heterocycles. The van der Waals surface area contributed by atoms with Gasteiger partial charge in [0, 0.05) is 0 Å². The molecule has 1 aliphatic heterocycles. The molecule has 1 aromatic carbocycles. The third-order valence-corrected chi connectivity index (χ3v) is 2.53. The molecule has 0 aliphatic carbocycles. The van der Waals surface area contributed by atoms with Crippen LogP contribution in [0.15, 0.2) is 30.3 Å². The summed E-state index contributed by atoms with van der Waals surface area (Å²) in [5.74, 6) is 0.463. The number of para-hydroxylation sites is 1. The second kappa shape index (κ2) is 6.51. The Labute approximate surface area is 102 Å². The zero-order valence-corrected chi connectivity index (χ0v) is 9.91. The number of hydrogen-bond donors (Lipinski definition) is 0. The van der Waals surface area contributed by atoms with Crippen LogP contribution in [-0.2, 0) is 4.79 Å². The van der Waals surface area contributed by atoms with E-state index in [9.17, 15) is 4.79 Å². The number of nitrogens with zero attached hydrogens (tertiary/aromatic N) is 1. The third-order valence-electron chi connectivity index (χ3n) is 2.53. The zero-order chi connectivity index (χ0) is 10.5. The van der Waals surface area contributed by atoms with Crippen LogP contribution in [0, 0.1) is 0 Å². The molecule has 1 aromatic rings. The molecule has 0 atom stereocenters. The summed E-state index contributed by atoms with van der Waals surface area (Å²) in [6.07, 6.45) is 2.39. The molecule has 1 fully saturated rings. The Balaban J connectivity index is 0.00000128. The molecule has 0 unspecified atom stereocenters. The van der Waals surface area contributed by atoms with E-state index in [0.29, 0.717) is 12.3 Å². The lowest BCUT2D eigenvalue weighted by molar-refractivity contribution is -0.135. The van der Waals surface area contributed by atoms with Crippen molar-refractivity contribution in [2.45, 2.75) is 12.8 Å². The lowest BCUT2D eigenvalue weighted by atomic mass is 10.3. The summed E-state index contributed by atoms with van der Waals surface area (Å²) < 4.78 is 5.20. The molecule has 1 saturated heterocycles. The van der Waals surface area contributed by atoms with Crippen molar-refractivity contribution in [2.24, 2.45) is 0 Å². The van der Waals surface area contributed by atoms with Gasteiger partial charge in [-0.05, 0) is 38.1 Å². The van der Waals surface area contributed by atoms with E-state index in [1.807, 2.05) is 18.2 Å². The standard InChI is InChI=1S/C12H15NO2.ClH/c14-12(10-13-8-4-5-9-13)15-11-6-2-1-3-7-11;/h1-3,6-7H,4-5,8-10H2;1H. The average Bonchev–Trinajstić information content (AvgIpc) is 2.71. The fourth-order valence-electron chi connectivity index (χ4n) is 1.78. The van der Waals surface area contributed by atoms with Crippen LogP contribution in [-0.4, -0.2) is 30.5 Å². The third kappa shape index (κ3) is 3.83. The molecule has 3 nitrogen and oxygen atoms in total. The van der Waals surface area contributed by atoms with E-state index in [-0.39, 0.29) is 18.4 Å². The van der Waals surface area contributed by atoms with E-state index < -0.39 is 0 Å². The van der Waals surface area contributed by atoms with E-state index in [1.165, 1.54) is 12.8 Å². The molecule has 4 heteroatoms. The Kier molecular flexibility index (Phi) is 5.29. The molecule has 0 spiro atoms. The molecule has 0 N–H and O–H groups in total. The number of hydrogen-bond acceptors (Lipinski definition) is 3. The number of halogens is 1. The van der Waals surface area contributed by atoms with Crippen molar-refractivity contribution < 1.29 is 9.53 Å². The molecular formula is C12H16ClNO2. The maximum Gasteiger partial charge on any atom is 0.325 e. The predicted molar refractivity (Wildman–Crippen MR) is 65.0 cm³/mol. The van der Waals surface area contributed by atoms with E-state index in [2.05, 4.69) is 4.90 Å². The van der Waals surface area contributed by atoms with Gasteiger partial charge in [-0.25, -0.2) is 0 Å². The minimum absolute atomic E-state index is 0. The lowest BCUT2D eigenvalue weighted by Crippen LogP contribution is -2.29. The highest BCUT2D eigenvalue weighted by Crippen LogP contribution is 2.10. The first-order valence-electron chi connectivity index (χ1n) is 5.33. The highest BCUT2D eigenvalue weighted by molar-refractivity contribution is 5.85. The topological polar surface area (TPSA) is 29.5 Å². The molecule has 2 rings (SSSR count). The summed E-state index contributed by atoms with van der Waals surface area (Å²) in [4.78, 5) is 13.6. The first kappa shape index (κ1) is 13.0. The van der Waals surface area contributed by atoms with E-state index in [0.717, 1.165) is 13.1 Å². The quantitative estimate of drug-likeness (QED) is 0.600. The fraction of sp³-hybridized carbons (Fsp3) is 0.417. The summed E-state index contributed by atoms with van der Waals surface area (Å²) in [6, 6.07) is 9.21. The second-order valence-electron chi connectivity index (χ2n) is 3.77. The predicted octanol–water partition coefficient (Wildman–Crippen LogP) is 2.11. The summed E-state index contributed by atoms with van der Waals surface area (Å²) in [5, 5.41) is 0. The van der Waals surface area contributed by atoms with Crippen molar-refractivity contribution in [3.05, 3.63) is 30.3 Å². The highest BCUT2D eigenvalue weighted by Gasteiger charge is 2.16. The van der Waals surface area contributed by atoms with Gasteiger partial charge < -0.3 is 4.74 Å². The van der Waals surface area contributed by atoms with Crippen molar-refractivity contribution >= 4 is 18.4 Å². The summed E-state index contributed by atoms with van der Waals surface area (Å²) in [7, 11) is 0. The van der Waals surface area contributed by atoms with Crippen molar-refractivity contribution in [3.8, 4) is 5.75 Å². The SMILES string of the molecule is Cl.O=C(CN1CCCC1)Oc1ccccc1. The van der Waals surface area contributed by atoms with Gasteiger partial charge in [-0.1, -0.05) is 18.2 Å². The first-order chi connectivity index (χ1) is 7.34. The first-order valence-corrected chi connectivity index (χ1v) is 5.33. The van der Waals surface area contributed by atoms with Gasteiger partial charge >= 0.3 is 5.97 Å². The Bertz CT molecular complexity index is 323. The van der Waals surface area contributed by atoms with Gasteiger partial charge in [0.2, 0.25) is 0 Å². The van der Waals surface area contributed by atoms with Crippen LogP contribution < -0.4 is 4.74 Å². The van der Waals surface area contributed by atoms with Crippen molar-refractivity contribution in [2.75, 3.05) is 19.6 Å². The van der Waals surface area contributed by atoms with Crippen LogP contribution in [0.25, 0.3) is 0 Å². The number of rotatable bonds is 3. The number of esters is 1. The van der Waals surface area contributed by atoms with Crippen molar-refractivity contribution in [1.82, 2.24) is 4.90 Å². The molecule has 0 bridgehead atoms. The minimum atomic E-state index is -0.164. The molecule has 1 heterocycles. The monoisotopic (exact) mass is 241 g/mol. The molecular weight excluding hydrogens is 226 g/mol. The summed E-state index contributed by atoms with van der Waals surface area (Å²) >= 11 is 0. The number of likely N-dealkylation sites (tertiary alicyclic amines) is 1. The maximum absolute atomic E-state index is 11.5. The van der Waals surface area contributed by atoms with Crippen molar-refractivity contribution in [3.63, 3.8) is 0 Å². The zero-order valence-electron chi connectivity index (χ0n) is 9.09. The minimum Gasteiger partial charge on any atom is -0.426 e. The molecule has 1 aliphatic rings. The van der Waals surface area contributed by atoms with Gasteiger partial charge in [-0.15, -0.1) is 12.4 Å². The van der Waals surface area contributed by atoms with Crippen molar-refractivity contribution in [1.29, 1.82) is 0 Å². The Morgan fingerprint density at radius 1 is 1.19 bits per heavy atom. The Morgan fingerprint density at radius 3 is 2.44 bits per heavy atom. The Morgan fingerprint density at radius 2 is 1.81 bits per heavy atom. The van der Waals surface area contributed by atoms with Gasteiger partial charge in [0.25, 0.3) is 0 Å². The number of benzene rings is 1. The van der Waals surface area contributed by atoms with Gasteiger partial charge in [0.05, 0.1) is 6.54 Å². The van der Waals surface area contributed by atoms with Crippen LogP contribution in [0.5, 0.6) is 5.75 Å². The highest BCUT2D eigenvalue weighted by atomic mass is 35.5. The van der Waals surface area contributed by atoms with E-state index in [4.69, 9.17) is 4.74 Å². The molecule has 16 heavy (non-hydrogen) atoms. The van der Waals surface area contributed by atoms with E-state index in [1.54, 1.807) is 12.1 Å². The normalized spacial score (nSPS) is 15.5. The summed E-state index contributed by atoms with van der Waals surface area (Å²) in [6.45, 7) is 2.45. The van der Waals surface area contributed by atoms with Crippen LogP contribution >= 0.6 is 12.4 Å². The number of carbonyl (C=O) groups excluding carboxylic acids is 1.